The van der Waals surface area contributed by atoms with E-state index in [1.165, 1.54) is 6.33 Å². The molecule has 2 aliphatic rings. The topological polar surface area (TPSA) is 75.6 Å². The Labute approximate surface area is 125 Å². The molecule has 1 unspecified atom stereocenters. The Bertz CT molecular complexity index is 616. The van der Waals surface area contributed by atoms with Crippen LogP contribution in [0.1, 0.15) is 19.3 Å². The highest BCUT2D eigenvalue weighted by molar-refractivity contribution is 7.90. The highest BCUT2D eigenvalue weighted by Gasteiger charge is 2.43. The fraction of sp³-hybridized carbons (Fsp3) is 0.692. The number of hydrogen-bond acceptors (Lipinski definition) is 6. The molecule has 0 N–H and O–H groups in total. The molecule has 8 heteroatoms. The van der Waals surface area contributed by atoms with Crippen LogP contribution in [0, 0.1) is 0 Å². The molecule has 0 amide bonds. The van der Waals surface area contributed by atoms with E-state index in [-0.39, 0.29) is 11.4 Å². The summed E-state index contributed by atoms with van der Waals surface area (Å²) in [6, 6.07) is 1.76. The molecular weight excluding hydrogens is 292 g/mol. The molecule has 21 heavy (non-hydrogen) atoms. The van der Waals surface area contributed by atoms with Gasteiger partial charge in [0.15, 0.2) is 0 Å². The van der Waals surface area contributed by atoms with E-state index in [1.807, 2.05) is 19.0 Å². The minimum absolute atomic E-state index is 0.136. The van der Waals surface area contributed by atoms with Crippen molar-refractivity contribution in [2.45, 2.75) is 30.6 Å². The highest BCUT2D eigenvalue weighted by atomic mass is 32.2. The molecule has 1 aliphatic carbocycles. The van der Waals surface area contributed by atoms with Crippen LogP contribution in [0.3, 0.4) is 0 Å². The summed E-state index contributed by atoms with van der Waals surface area (Å²) in [5, 5.41) is -0.157. The molecule has 0 spiro atoms. The minimum Gasteiger partial charge on any atom is -0.473 e. The zero-order valence-electron chi connectivity index (χ0n) is 12.3. The van der Waals surface area contributed by atoms with Gasteiger partial charge < -0.3 is 9.64 Å². The summed E-state index contributed by atoms with van der Waals surface area (Å²) in [5.41, 5.74) is 0. The first-order valence-electron chi connectivity index (χ1n) is 7.12. The van der Waals surface area contributed by atoms with E-state index < -0.39 is 10.0 Å². The van der Waals surface area contributed by atoms with Crippen molar-refractivity contribution in [2.24, 2.45) is 0 Å². The van der Waals surface area contributed by atoms with E-state index in [2.05, 4.69) is 9.97 Å². The average molecular weight is 312 g/mol. The van der Waals surface area contributed by atoms with E-state index in [0.29, 0.717) is 25.4 Å². The quantitative estimate of drug-likeness (QED) is 0.787. The van der Waals surface area contributed by atoms with Crippen LogP contribution in [0.15, 0.2) is 12.4 Å². The van der Waals surface area contributed by atoms with Gasteiger partial charge in [0.25, 0.3) is 0 Å². The Morgan fingerprint density at radius 3 is 2.71 bits per heavy atom. The van der Waals surface area contributed by atoms with Crippen LogP contribution < -0.4 is 9.64 Å². The SMILES string of the molecule is CN(C)c1cc(OC2CCN(S(=O)(=O)C3CC3)C2)ncn1. The third-order valence-corrected chi connectivity index (χ3v) is 6.15. The van der Waals surface area contributed by atoms with Gasteiger partial charge in [-0.1, -0.05) is 0 Å². The molecule has 1 saturated carbocycles. The smallest absolute Gasteiger partial charge is 0.218 e. The van der Waals surface area contributed by atoms with Gasteiger partial charge in [0.2, 0.25) is 15.9 Å². The van der Waals surface area contributed by atoms with Crippen LogP contribution in [0.25, 0.3) is 0 Å². The van der Waals surface area contributed by atoms with Gasteiger partial charge in [0.1, 0.15) is 18.2 Å². The second-order valence-corrected chi connectivity index (χ2v) is 7.95. The van der Waals surface area contributed by atoms with Crippen molar-refractivity contribution in [3.63, 3.8) is 0 Å². The van der Waals surface area contributed by atoms with Gasteiger partial charge in [-0.15, -0.1) is 0 Å². The Balaban J connectivity index is 1.63. The predicted molar refractivity (Wildman–Crippen MR) is 78.9 cm³/mol. The number of rotatable bonds is 5. The van der Waals surface area contributed by atoms with E-state index in [4.69, 9.17) is 4.74 Å². The molecule has 0 radical (unpaired) electrons. The molecule has 3 rings (SSSR count). The monoisotopic (exact) mass is 312 g/mol. The summed E-state index contributed by atoms with van der Waals surface area (Å²) >= 11 is 0. The fourth-order valence-electron chi connectivity index (χ4n) is 2.41. The van der Waals surface area contributed by atoms with Gasteiger partial charge >= 0.3 is 0 Å². The molecule has 1 saturated heterocycles. The highest BCUT2D eigenvalue weighted by Crippen LogP contribution is 2.33. The molecule has 2 heterocycles. The molecule has 116 valence electrons. The maximum absolute atomic E-state index is 12.2. The molecule has 1 aromatic heterocycles. The van der Waals surface area contributed by atoms with E-state index in [1.54, 1.807) is 10.4 Å². The molecular formula is C13H20N4O3S. The van der Waals surface area contributed by atoms with Crippen LogP contribution in [-0.2, 0) is 10.0 Å². The van der Waals surface area contributed by atoms with Gasteiger partial charge in [-0.25, -0.2) is 18.4 Å². The fourth-order valence-corrected chi connectivity index (χ4v) is 4.30. The van der Waals surface area contributed by atoms with Crippen molar-refractivity contribution in [1.29, 1.82) is 0 Å². The standard InChI is InChI=1S/C13H20N4O3S/c1-16(2)12-7-13(15-9-14-12)20-10-5-6-17(8-10)21(18,19)11-3-4-11/h7,9-11H,3-6,8H2,1-2H3. The molecule has 0 bridgehead atoms. The lowest BCUT2D eigenvalue weighted by atomic mass is 10.3. The lowest BCUT2D eigenvalue weighted by molar-refractivity contribution is 0.206. The first-order valence-corrected chi connectivity index (χ1v) is 8.62. The normalized spacial score (nSPS) is 23.2. The molecule has 2 fully saturated rings. The van der Waals surface area contributed by atoms with Gasteiger partial charge in [0.05, 0.1) is 11.8 Å². The van der Waals surface area contributed by atoms with Crippen LogP contribution in [0.5, 0.6) is 5.88 Å². The third-order valence-electron chi connectivity index (χ3n) is 3.79. The van der Waals surface area contributed by atoms with Crippen LogP contribution in [-0.4, -0.2) is 61.2 Å². The second kappa shape index (κ2) is 5.42. The lowest BCUT2D eigenvalue weighted by Gasteiger charge is -2.17. The zero-order valence-corrected chi connectivity index (χ0v) is 13.1. The number of ether oxygens (including phenoxy) is 1. The first kappa shape index (κ1) is 14.5. The lowest BCUT2D eigenvalue weighted by Crippen LogP contribution is -2.33. The summed E-state index contributed by atoms with van der Waals surface area (Å²) in [7, 11) is 0.689. The molecule has 1 aliphatic heterocycles. The van der Waals surface area contributed by atoms with Crippen LogP contribution in [0.4, 0.5) is 5.82 Å². The average Bonchev–Trinajstić information content (AvgIpc) is 3.20. The van der Waals surface area contributed by atoms with Gasteiger partial charge in [-0.05, 0) is 19.3 Å². The van der Waals surface area contributed by atoms with Crippen molar-refractivity contribution in [1.82, 2.24) is 14.3 Å². The first-order chi connectivity index (χ1) is 9.96. The molecule has 7 nitrogen and oxygen atoms in total. The number of hydrogen-bond donors (Lipinski definition) is 0. The van der Waals surface area contributed by atoms with Crippen molar-refractivity contribution < 1.29 is 13.2 Å². The molecule has 1 atom stereocenters. The number of nitrogens with zero attached hydrogens (tertiary/aromatic N) is 4. The Kier molecular flexibility index (Phi) is 3.75. The summed E-state index contributed by atoms with van der Waals surface area (Å²) in [6.07, 6.45) is 3.61. The summed E-state index contributed by atoms with van der Waals surface area (Å²) in [4.78, 5) is 10.1. The maximum atomic E-state index is 12.2. The number of aromatic nitrogens is 2. The van der Waals surface area contributed by atoms with E-state index in [9.17, 15) is 8.42 Å². The van der Waals surface area contributed by atoms with Crippen molar-refractivity contribution >= 4 is 15.8 Å². The zero-order chi connectivity index (χ0) is 15.0. The Morgan fingerprint density at radius 1 is 1.29 bits per heavy atom. The van der Waals surface area contributed by atoms with Crippen LogP contribution in [0.2, 0.25) is 0 Å². The van der Waals surface area contributed by atoms with Crippen molar-refractivity contribution in [2.75, 3.05) is 32.1 Å². The van der Waals surface area contributed by atoms with Gasteiger partial charge in [-0.3, -0.25) is 0 Å². The van der Waals surface area contributed by atoms with Crippen molar-refractivity contribution in [3.8, 4) is 5.88 Å². The van der Waals surface area contributed by atoms with Gasteiger partial charge in [0, 0.05) is 26.7 Å². The van der Waals surface area contributed by atoms with Crippen molar-refractivity contribution in [3.05, 3.63) is 12.4 Å². The molecule has 1 aromatic rings. The summed E-state index contributed by atoms with van der Waals surface area (Å²) in [5.74, 6) is 1.25. The van der Waals surface area contributed by atoms with E-state index >= 15 is 0 Å². The second-order valence-electron chi connectivity index (χ2n) is 5.74. The Hall–Kier alpha value is -1.41. The maximum Gasteiger partial charge on any atom is 0.218 e. The predicted octanol–water partition coefficient (Wildman–Crippen LogP) is 0.488. The number of anilines is 1. The summed E-state index contributed by atoms with van der Waals surface area (Å²) in [6.45, 7) is 0.954. The largest absolute Gasteiger partial charge is 0.473 e. The minimum atomic E-state index is -3.10. The van der Waals surface area contributed by atoms with E-state index in [0.717, 1.165) is 18.7 Å². The van der Waals surface area contributed by atoms with Gasteiger partial charge in [-0.2, -0.15) is 4.31 Å². The van der Waals surface area contributed by atoms with Crippen LogP contribution >= 0.6 is 0 Å². The summed E-state index contributed by atoms with van der Waals surface area (Å²) < 4.78 is 31.7. The number of sulfonamides is 1. The molecule has 0 aromatic carbocycles. The Morgan fingerprint density at radius 2 is 2.05 bits per heavy atom. The third kappa shape index (κ3) is 3.11.